The van der Waals surface area contributed by atoms with Crippen LogP contribution >= 0.6 is 0 Å². The van der Waals surface area contributed by atoms with Crippen LogP contribution in [0.25, 0.3) is 0 Å². The van der Waals surface area contributed by atoms with E-state index in [0.29, 0.717) is 12.2 Å². The van der Waals surface area contributed by atoms with Crippen molar-refractivity contribution in [1.82, 2.24) is 0 Å². The van der Waals surface area contributed by atoms with Gasteiger partial charge in [-0.3, -0.25) is 4.55 Å². The first kappa shape index (κ1) is 11.9. The largest absolute Gasteiger partial charge is 0.393 e. The lowest BCUT2D eigenvalue weighted by Gasteiger charge is -2.04. The van der Waals surface area contributed by atoms with Crippen LogP contribution in [0.1, 0.15) is 26.2 Å². The summed E-state index contributed by atoms with van der Waals surface area (Å²) in [5.74, 6) is 0.569. The Kier molecular flexibility index (Phi) is 4.74. The molecule has 1 aliphatic rings. The summed E-state index contributed by atoms with van der Waals surface area (Å²) in [4.78, 5) is 0. The summed E-state index contributed by atoms with van der Waals surface area (Å²) in [7, 11) is -3.67. The molecule has 0 heterocycles. The monoisotopic (exact) mass is 196 g/mol. The molecule has 0 aliphatic heterocycles. The molecule has 1 fully saturated rings. The molecule has 12 heavy (non-hydrogen) atoms. The number of rotatable bonds is 0. The first-order valence-corrected chi connectivity index (χ1v) is 5.76. The summed E-state index contributed by atoms with van der Waals surface area (Å²) < 4.78 is 25.9. The van der Waals surface area contributed by atoms with Crippen LogP contribution < -0.4 is 0 Å². The van der Waals surface area contributed by atoms with E-state index in [4.69, 9.17) is 9.66 Å². The number of hydrogen-bond donors (Lipinski definition) is 2. The lowest BCUT2D eigenvalue weighted by molar-refractivity contribution is 0.141. The predicted molar refractivity (Wildman–Crippen MR) is 46.5 cm³/mol. The fourth-order valence-corrected chi connectivity index (χ4v) is 1.13. The van der Waals surface area contributed by atoms with E-state index >= 15 is 0 Å². The molecule has 1 aliphatic carbocycles. The van der Waals surface area contributed by atoms with Crippen LogP contribution in [0.2, 0.25) is 0 Å². The molecule has 0 saturated heterocycles. The van der Waals surface area contributed by atoms with Crippen molar-refractivity contribution in [3.8, 4) is 0 Å². The molecular weight excluding hydrogens is 180 g/mol. The molecule has 0 bridgehead atoms. The Morgan fingerprint density at radius 2 is 1.75 bits per heavy atom. The fraction of sp³-hybridized carbons (Fsp3) is 1.00. The Balaban J connectivity index is 0.000000217. The van der Waals surface area contributed by atoms with Gasteiger partial charge in [-0.2, -0.15) is 8.42 Å². The van der Waals surface area contributed by atoms with Crippen molar-refractivity contribution in [3.05, 3.63) is 0 Å². The third-order valence-electron chi connectivity index (χ3n) is 1.82. The average molecular weight is 196 g/mol. The van der Waals surface area contributed by atoms with E-state index in [9.17, 15) is 8.42 Å². The van der Waals surface area contributed by atoms with Crippen LogP contribution in [0.3, 0.4) is 0 Å². The van der Waals surface area contributed by atoms with Gasteiger partial charge in [0.1, 0.15) is 0 Å². The lowest BCUT2D eigenvalue weighted by atomic mass is 10.1. The van der Waals surface area contributed by atoms with E-state index in [0.717, 1.165) is 6.42 Å². The Labute approximate surface area is 73.4 Å². The quantitative estimate of drug-likeness (QED) is 0.558. The van der Waals surface area contributed by atoms with Gasteiger partial charge >= 0.3 is 0 Å². The maximum absolute atomic E-state index is 9.19. The molecule has 74 valence electrons. The van der Waals surface area contributed by atoms with Gasteiger partial charge in [-0.05, 0) is 18.8 Å². The second-order valence-electron chi connectivity index (χ2n) is 3.21. The summed E-state index contributed by atoms with van der Waals surface area (Å²) >= 11 is 0. The van der Waals surface area contributed by atoms with Crippen molar-refractivity contribution in [2.24, 2.45) is 5.92 Å². The summed E-state index contributed by atoms with van der Waals surface area (Å²) in [5.41, 5.74) is 0. The topological polar surface area (TPSA) is 74.6 Å². The molecule has 0 unspecified atom stereocenters. The predicted octanol–water partition coefficient (Wildman–Crippen LogP) is 0.671. The zero-order valence-electron chi connectivity index (χ0n) is 7.40. The summed E-state index contributed by atoms with van der Waals surface area (Å²) in [6.45, 7) is 2.11. The Hall–Kier alpha value is -0.130. The molecular formula is C7H16O4S. The highest BCUT2D eigenvalue weighted by molar-refractivity contribution is 7.85. The molecule has 0 radical (unpaired) electrons. The van der Waals surface area contributed by atoms with Gasteiger partial charge in [0, 0.05) is 0 Å². The average Bonchev–Trinajstić information content (AvgIpc) is 2.12. The van der Waals surface area contributed by atoms with Gasteiger partial charge in [-0.25, -0.2) is 0 Å². The van der Waals surface area contributed by atoms with Gasteiger partial charge in [0.25, 0.3) is 10.1 Å². The fourth-order valence-electron chi connectivity index (χ4n) is 1.13. The van der Waals surface area contributed by atoms with Crippen LogP contribution in [-0.4, -0.2) is 30.4 Å². The molecule has 0 aromatic rings. The minimum Gasteiger partial charge on any atom is -0.393 e. The third kappa shape index (κ3) is 7.97. The van der Waals surface area contributed by atoms with Crippen molar-refractivity contribution in [3.63, 3.8) is 0 Å². The molecule has 1 saturated carbocycles. The van der Waals surface area contributed by atoms with Crippen LogP contribution in [0.4, 0.5) is 0 Å². The van der Waals surface area contributed by atoms with Gasteiger partial charge in [0.2, 0.25) is 0 Å². The van der Waals surface area contributed by atoms with E-state index in [-0.39, 0.29) is 6.10 Å². The Morgan fingerprint density at radius 1 is 1.33 bits per heavy atom. The summed E-state index contributed by atoms with van der Waals surface area (Å²) in [5, 5.41) is 9.00. The molecule has 0 spiro atoms. The maximum atomic E-state index is 9.19. The molecule has 2 N–H and O–H groups in total. The highest BCUT2D eigenvalue weighted by atomic mass is 32.2. The van der Waals surface area contributed by atoms with Gasteiger partial charge in [-0.15, -0.1) is 0 Å². The van der Waals surface area contributed by atoms with Crippen LogP contribution in [0.15, 0.2) is 0 Å². The number of aliphatic hydroxyl groups is 1. The number of aliphatic hydroxyl groups excluding tert-OH is 1. The third-order valence-corrected chi connectivity index (χ3v) is 1.82. The van der Waals surface area contributed by atoms with Gasteiger partial charge in [0.15, 0.2) is 0 Å². The maximum Gasteiger partial charge on any atom is 0.261 e. The van der Waals surface area contributed by atoms with E-state index in [1.165, 1.54) is 12.8 Å². The van der Waals surface area contributed by atoms with Crippen molar-refractivity contribution in [2.45, 2.75) is 32.3 Å². The second-order valence-corrected chi connectivity index (χ2v) is 4.67. The molecule has 1 rings (SSSR count). The molecule has 0 aromatic carbocycles. The molecule has 0 aromatic heterocycles. The van der Waals surface area contributed by atoms with Crippen LogP contribution in [-0.2, 0) is 10.1 Å². The number of hydrogen-bond acceptors (Lipinski definition) is 3. The molecule has 4 nitrogen and oxygen atoms in total. The second kappa shape index (κ2) is 4.79. The van der Waals surface area contributed by atoms with Crippen LogP contribution in [0, 0.1) is 5.92 Å². The lowest BCUT2D eigenvalue weighted by Crippen LogP contribution is -2.07. The highest BCUT2D eigenvalue weighted by Gasteiger charge is 2.19. The standard InChI is InChI=1S/C6H12O.CH4O3S/c1-5-3-2-4-6(5)7;1-5(2,3)4/h5-7H,2-4H2,1H3;1H3,(H,2,3,4)/t5-,6+;/m0./s1. The summed E-state index contributed by atoms with van der Waals surface area (Å²) in [6, 6.07) is 0. The van der Waals surface area contributed by atoms with E-state index in [1.807, 2.05) is 0 Å². The zero-order chi connectivity index (χ0) is 9.78. The normalized spacial score (nSPS) is 29.3. The van der Waals surface area contributed by atoms with Gasteiger partial charge < -0.3 is 5.11 Å². The SMILES string of the molecule is CS(=O)(=O)O.C[C@H]1CCC[C@H]1O. The zero-order valence-corrected chi connectivity index (χ0v) is 8.21. The smallest absolute Gasteiger partial charge is 0.261 e. The Bertz CT molecular complexity index is 193. The molecule has 5 heteroatoms. The van der Waals surface area contributed by atoms with Crippen molar-refractivity contribution >= 4 is 10.1 Å². The minimum atomic E-state index is -3.67. The highest BCUT2D eigenvalue weighted by Crippen LogP contribution is 2.23. The van der Waals surface area contributed by atoms with Crippen LogP contribution in [0.5, 0.6) is 0 Å². The Morgan fingerprint density at radius 3 is 1.83 bits per heavy atom. The van der Waals surface area contributed by atoms with Crippen molar-refractivity contribution in [1.29, 1.82) is 0 Å². The first-order chi connectivity index (χ1) is 5.30. The van der Waals surface area contributed by atoms with E-state index < -0.39 is 10.1 Å². The van der Waals surface area contributed by atoms with Crippen molar-refractivity contribution < 1.29 is 18.1 Å². The first-order valence-electron chi connectivity index (χ1n) is 3.91. The van der Waals surface area contributed by atoms with E-state index in [1.54, 1.807) is 0 Å². The minimum absolute atomic E-state index is 0.0139. The van der Waals surface area contributed by atoms with E-state index in [2.05, 4.69) is 6.92 Å². The molecule has 2 atom stereocenters. The molecule has 0 amide bonds. The van der Waals surface area contributed by atoms with Gasteiger partial charge in [0.05, 0.1) is 12.4 Å². The van der Waals surface area contributed by atoms with Crippen molar-refractivity contribution in [2.75, 3.05) is 6.26 Å². The van der Waals surface area contributed by atoms with Gasteiger partial charge in [-0.1, -0.05) is 13.3 Å². The summed E-state index contributed by atoms with van der Waals surface area (Å²) in [6.07, 6.45) is 4.21.